The fourth-order valence-electron chi connectivity index (χ4n) is 1.63. The number of rotatable bonds is 3. The van der Waals surface area contributed by atoms with Gasteiger partial charge in [-0.25, -0.2) is 0 Å². The van der Waals surface area contributed by atoms with Crippen LogP contribution in [-0.2, 0) is 4.79 Å². The SMILES string of the molecule is CC(=O)C(C)c1nc(-c2ncc(C)cc2C)no1. The third-order valence-electron chi connectivity index (χ3n) is 2.85. The maximum absolute atomic E-state index is 11.3. The van der Waals surface area contributed by atoms with Crippen LogP contribution in [0.2, 0.25) is 0 Å². The van der Waals surface area contributed by atoms with Crippen molar-refractivity contribution in [3.63, 3.8) is 0 Å². The maximum atomic E-state index is 11.3. The third kappa shape index (κ3) is 2.30. The first-order valence-corrected chi connectivity index (χ1v) is 5.76. The summed E-state index contributed by atoms with van der Waals surface area (Å²) in [5, 5.41) is 3.88. The molecule has 18 heavy (non-hydrogen) atoms. The summed E-state index contributed by atoms with van der Waals surface area (Å²) in [7, 11) is 0. The molecule has 0 bridgehead atoms. The number of aromatic nitrogens is 3. The molecule has 0 spiro atoms. The molecule has 5 nitrogen and oxygen atoms in total. The smallest absolute Gasteiger partial charge is 0.237 e. The average Bonchev–Trinajstić information content (AvgIpc) is 2.77. The lowest BCUT2D eigenvalue weighted by Crippen LogP contribution is -2.04. The number of nitrogens with zero attached hydrogens (tertiary/aromatic N) is 3. The number of Topliss-reactive ketones (excluding diaryl/α,β-unsaturated/α-hetero) is 1. The van der Waals surface area contributed by atoms with Crippen LogP contribution in [0.5, 0.6) is 0 Å². The summed E-state index contributed by atoms with van der Waals surface area (Å²) in [6, 6.07) is 2.01. The zero-order valence-electron chi connectivity index (χ0n) is 10.9. The van der Waals surface area contributed by atoms with E-state index in [1.54, 1.807) is 13.1 Å². The van der Waals surface area contributed by atoms with Crippen LogP contribution < -0.4 is 0 Å². The van der Waals surface area contributed by atoms with Gasteiger partial charge in [-0.2, -0.15) is 4.98 Å². The molecule has 1 unspecified atom stereocenters. The average molecular weight is 245 g/mol. The molecule has 2 aromatic heterocycles. The molecule has 0 fully saturated rings. The van der Waals surface area contributed by atoms with Crippen molar-refractivity contribution in [1.82, 2.24) is 15.1 Å². The van der Waals surface area contributed by atoms with E-state index in [-0.39, 0.29) is 11.7 Å². The molecule has 0 aromatic carbocycles. The Morgan fingerprint density at radius 2 is 2.11 bits per heavy atom. The van der Waals surface area contributed by atoms with Crippen molar-refractivity contribution in [2.24, 2.45) is 0 Å². The predicted octanol–water partition coefficient (Wildman–Crippen LogP) is 2.44. The molecule has 0 aliphatic heterocycles. The van der Waals surface area contributed by atoms with E-state index in [4.69, 9.17) is 4.52 Å². The highest BCUT2D eigenvalue weighted by atomic mass is 16.5. The first-order chi connectivity index (χ1) is 8.49. The molecule has 0 aliphatic rings. The predicted molar refractivity (Wildman–Crippen MR) is 66.1 cm³/mol. The van der Waals surface area contributed by atoms with Gasteiger partial charge in [0.05, 0.1) is 5.92 Å². The Kier molecular flexibility index (Phi) is 3.23. The van der Waals surface area contributed by atoms with Gasteiger partial charge in [0.15, 0.2) is 0 Å². The molecule has 0 N–H and O–H groups in total. The minimum Gasteiger partial charge on any atom is -0.338 e. The highest BCUT2D eigenvalue weighted by Gasteiger charge is 2.20. The standard InChI is InChI=1S/C13H15N3O2/c1-7-5-8(2)11(14-6-7)12-15-13(18-16-12)9(3)10(4)17/h5-6,9H,1-4H3. The van der Waals surface area contributed by atoms with E-state index < -0.39 is 0 Å². The van der Waals surface area contributed by atoms with Crippen LogP contribution in [0.4, 0.5) is 0 Å². The minimum absolute atomic E-state index is 0.00112. The van der Waals surface area contributed by atoms with E-state index in [1.807, 2.05) is 19.9 Å². The lowest BCUT2D eigenvalue weighted by atomic mass is 10.1. The van der Waals surface area contributed by atoms with Crippen molar-refractivity contribution in [2.45, 2.75) is 33.6 Å². The molecule has 2 aromatic rings. The highest BCUT2D eigenvalue weighted by molar-refractivity contribution is 5.81. The number of hydrogen-bond acceptors (Lipinski definition) is 5. The molecule has 2 heterocycles. The van der Waals surface area contributed by atoms with Crippen LogP contribution in [-0.4, -0.2) is 20.9 Å². The van der Waals surface area contributed by atoms with Crippen molar-refractivity contribution in [1.29, 1.82) is 0 Å². The van der Waals surface area contributed by atoms with Crippen LogP contribution in [0, 0.1) is 13.8 Å². The summed E-state index contributed by atoms with van der Waals surface area (Å²) in [4.78, 5) is 19.8. The normalized spacial score (nSPS) is 12.4. The fraction of sp³-hybridized carbons (Fsp3) is 0.385. The van der Waals surface area contributed by atoms with E-state index in [9.17, 15) is 4.79 Å². The first kappa shape index (κ1) is 12.4. The van der Waals surface area contributed by atoms with Gasteiger partial charge in [-0.05, 0) is 38.8 Å². The van der Waals surface area contributed by atoms with Gasteiger partial charge in [-0.15, -0.1) is 0 Å². The second kappa shape index (κ2) is 4.68. The largest absolute Gasteiger partial charge is 0.338 e. The molecule has 0 saturated heterocycles. The molecular weight excluding hydrogens is 230 g/mol. The summed E-state index contributed by atoms with van der Waals surface area (Å²) < 4.78 is 5.11. The van der Waals surface area contributed by atoms with Gasteiger partial charge in [0.1, 0.15) is 11.5 Å². The van der Waals surface area contributed by atoms with Gasteiger partial charge in [0, 0.05) is 6.20 Å². The summed E-state index contributed by atoms with van der Waals surface area (Å²) >= 11 is 0. The van der Waals surface area contributed by atoms with Gasteiger partial charge in [0.2, 0.25) is 11.7 Å². The van der Waals surface area contributed by atoms with E-state index >= 15 is 0 Å². The number of pyridine rings is 1. The number of aryl methyl sites for hydroxylation is 2. The molecule has 0 aliphatic carbocycles. The van der Waals surface area contributed by atoms with Crippen LogP contribution in [0.25, 0.3) is 11.5 Å². The highest BCUT2D eigenvalue weighted by Crippen LogP contribution is 2.21. The van der Waals surface area contributed by atoms with Gasteiger partial charge < -0.3 is 4.52 Å². The summed E-state index contributed by atoms with van der Waals surface area (Å²) in [6.07, 6.45) is 1.76. The van der Waals surface area contributed by atoms with Crippen molar-refractivity contribution >= 4 is 5.78 Å². The Balaban J connectivity index is 2.38. The second-order valence-corrected chi connectivity index (χ2v) is 4.47. The molecule has 0 amide bonds. The summed E-state index contributed by atoms with van der Waals surface area (Å²) in [6.45, 7) is 7.17. The van der Waals surface area contributed by atoms with E-state index in [2.05, 4.69) is 15.1 Å². The van der Waals surface area contributed by atoms with Crippen LogP contribution in [0.15, 0.2) is 16.8 Å². The van der Waals surface area contributed by atoms with Crippen LogP contribution >= 0.6 is 0 Å². The van der Waals surface area contributed by atoms with Gasteiger partial charge in [-0.3, -0.25) is 9.78 Å². The van der Waals surface area contributed by atoms with E-state index in [1.165, 1.54) is 6.92 Å². The zero-order chi connectivity index (χ0) is 13.3. The molecule has 94 valence electrons. The van der Waals surface area contributed by atoms with Crippen LogP contribution in [0.3, 0.4) is 0 Å². The number of ketones is 1. The van der Waals surface area contributed by atoms with Crippen molar-refractivity contribution in [3.05, 3.63) is 29.3 Å². The topological polar surface area (TPSA) is 68.9 Å². The molecule has 0 saturated carbocycles. The van der Waals surface area contributed by atoms with Crippen molar-refractivity contribution < 1.29 is 9.32 Å². The molecule has 0 radical (unpaired) electrons. The minimum atomic E-state index is -0.378. The molecule has 5 heteroatoms. The Morgan fingerprint density at radius 1 is 1.39 bits per heavy atom. The lowest BCUT2D eigenvalue weighted by molar-refractivity contribution is -0.118. The molecule has 2 rings (SSSR count). The summed E-state index contributed by atoms with van der Waals surface area (Å²) in [5.41, 5.74) is 2.75. The maximum Gasteiger partial charge on any atom is 0.237 e. The summed E-state index contributed by atoms with van der Waals surface area (Å²) in [5.74, 6) is 0.380. The van der Waals surface area contributed by atoms with Gasteiger partial charge >= 0.3 is 0 Å². The Bertz CT molecular complexity index is 590. The Labute approximate surface area is 105 Å². The molecular formula is C13H15N3O2. The zero-order valence-corrected chi connectivity index (χ0v) is 10.9. The number of carbonyl (C=O) groups is 1. The van der Waals surface area contributed by atoms with Gasteiger partial charge in [-0.1, -0.05) is 11.2 Å². The Morgan fingerprint density at radius 3 is 2.72 bits per heavy atom. The molecule has 1 atom stereocenters. The second-order valence-electron chi connectivity index (χ2n) is 4.47. The van der Waals surface area contributed by atoms with Crippen molar-refractivity contribution in [2.75, 3.05) is 0 Å². The number of carbonyl (C=O) groups excluding carboxylic acids is 1. The monoisotopic (exact) mass is 245 g/mol. The van der Waals surface area contributed by atoms with Gasteiger partial charge in [0.25, 0.3) is 0 Å². The fourth-order valence-corrected chi connectivity index (χ4v) is 1.63. The number of hydrogen-bond donors (Lipinski definition) is 0. The van der Waals surface area contributed by atoms with E-state index in [0.717, 1.165) is 11.1 Å². The van der Waals surface area contributed by atoms with Crippen molar-refractivity contribution in [3.8, 4) is 11.5 Å². The first-order valence-electron chi connectivity index (χ1n) is 5.76. The van der Waals surface area contributed by atoms with E-state index in [0.29, 0.717) is 17.4 Å². The lowest BCUT2D eigenvalue weighted by Gasteiger charge is -2.00. The van der Waals surface area contributed by atoms with Crippen LogP contribution in [0.1, 0.15) is 36.8 Å². The quantitative estimate of drug-likeness (QED) is 0.830. The third-order valence-corrected chi connectivity index (χ3v) is 2.85. The Hall–Kier alpha value is -2.04.